The van der Waals surface area contributed by atoms with Crippen molar-refractivity contribution in [2.45, 2.75) is 39.3 Å². The van der Waals surface area contributed by atoms with Crippen LogP contribution in [0.1, 0.15) is 32.3 Å². The molecule has 1 aromatic rings. The van der Waals surface area contributed by atoms with Crippen molar-refractivity contribution in [3.8, 4) is 5.88 Å². The summed E-state index contributed by atoms with van der Waals surface area (Å²) in [5.74, 6) is 0.407. The number of unbranched alkanes of at least 4 members (excludes halogenated alkanes) is 1. The monoisotopic (exact) mass is 266 g/mol. The summed E-state index contributed by atoms with van der Waals surface area (Å²) in [4.78, 5) is 15.9. The summed E-state index contributed by atoms with van der Waals surface area (Å²) < 4.78 is 10.6. The molecule has 1 atom stereocenters. The standard InChI is InChI=1S/C14H22N2O3/c1-4-5-9-19-11(2)13(17)16-10-12-7-6-8-15-14(12)18-3/h6-8,11H,4-5,9-10H2,1-3H3,(H,16,17). The molecule has 0 aliphatic rings. The molecule has 0 saturated carbocycles. The van der Waals surface area contributed by atoms with E-state index in [-0.39, 0.29) is 5.91 Å². The summed E-state index contributed by atoms with van der Waals surface area (Å²) in [6.45, 7) is 4.84. The molecule has 0 radical (unpaired) electrons. The summed E-state index contributed by atoms with van der Waals surface area (Å²) >= 11 is 0. The molecule has 1 unspecified atom stereocenters. The number of nitrogens with zero attached hydrogens (tertiary/aromatic N) is 1. The lowest BCUT2D eigenvalue weighted by Gasteiger charge is -2.13. The van der Waals surface area contributed by atoms with Crippen LogP contribution in [-0.4, -0.2) is 30.7 Å². The zero-order valence-corrected chi connectivity index (χ0v) is 11.8. The molecule has 0 aliphatic heterocycles. The van der Waals surface area contributed by atoms with Crippen LogP contribution >= 0.6 is 0 Å². The van der Waals surface area contributed by atoms with Crippen LogP contribution < -0.4 is 10.1 Å². The summed E-state index contributed by atoms with van der Waals surface area (Å²) in [5, 5.41) is 2.82. The van der Waals surface area contributed by atoms with Gasteiger partial charge >= 0.3 is 0 Å². The van der Waals surface area contributed by atoms with Gasteiger partial charge in [0.2, 0.25) is 11.8 Å². The van der Waals surface area contributed by atoms with Crippen molar-refractivity contribution in [3.05, 3.63) is 23.9 Å². The van der Waals surface area contributed by atoms with Gasteiger partial charge < -0.3 is 14.8 Å². The first-order valence-corrected chi connectivity index (χ1v) is 6.56. The van der Waals surface area contributed by atoms with Gasteiger partial charge in [0.25, 0.3) is 0 Å². The number of hydrogen-bond acceptors (Lipinski definition) is 4. The highest BCUT2D eigenvalue weighted by Gasteiger charge is 2.13. The van der Waals surface area contributed by atoms with Crippen LogP contribution in [0.15, 0.2) is 18.3 Å². The Morgan fingerprint density at radius 3 is 3.00 bits per heavy atom. The van der Waals surface area contributed by atoms with Gasteiger partial charge in [0, 0.05) is 24.9 Å². The zero-order chi connectivity index (χ0) is 14.1. The minimum absolute atomic E-state index is 0.123. The van der Waals surface area contributed by atoms with E-state index in [2.05, 4.69) is 17.2 Å². The summed E-state index contributed by atoms with van der Waals surface area (Å²) in [5.41, 5.74) is 0.846. The minimum atomic E-state index is -0.436. The van der Waals surface area contributed by atoms with E-state index in [1.165, 1.54) is 0 Å². The fourth-order valence-electron chi connectivity index (χ4n) is 1.55. The molecule has 19 heavy (non-hydrogen) atoms. The van der Waals surface area contributed by atoms with Crippen molar-refractivity contribution in [1.29, 1.82) is 0 Å². The first-order valence-electron chi connectivity index (χ1n) is 6.56. The van der Waals surface area contributed by atoms with Crippen LogP contribution in [0.4, 0.5) is 0 Å². The fourth-order valence-corrected chi connectivity index (χ4v) is 1.55. The third-order valence-corrected chi connectivity index (χ3v) is 2.73. The molecule has 106 valence electrons. The Kier molecular flexibility index (Phi) is 6.89. The molecule has 0 saturated heterocycles. The van der Waals surface area contributed by atoms with Gasteiger partial charge in [-0.1, -0.05) is 19.4 Å². The number of hydrogen-bond donors (Lipinski definition) is 1. The Balaban J connectivity index is 2.40. The molecule has 1 aromatic heterocycles. The smallest absolute Gasteiger partial charge is 0.249 e. The number of amides is 1. The van der Waals surface area contributed by atoms with Gasteiger partial charge in [-0.3, -0.25) is 4.79 Å². The molecule has 0 spiro atoms. The van der Waals surface area contributed by atoms with Gasteiger partial charge in [0.05, 0.1) is 7.11 Å². The molecule has 0 bridgehead atoms. The van der Waals surface area contributed by atoms with E-state index in [9.17, 15) is 4.79 Å². The summed E-state index contributed by atoms with van der Waals surface area (Å²) in [7, 11) is 1.56. The highest BCUT2D eigenvalue weighted by atomic mass is 16.5. The summed E-state index contributed by atoms with van der Waals surface area (Å²) in [6.07, 6.45) is 3.24. The Bertz CT molecular complexity index is 396. The topological polar surface area (TPSA) is 60.5 Å². The van der Waals surface area contributed by atoms with Crippen LogP contribution in [0.3, 0.4) is 0 Å². The molecule has 1 N–H and O–H groups in total. The molecular formula is C14H22N2O3. The number of methoxy groups -OCH3 is 1. The third kappa shape index (κ3) is 5.26. The van der Waals surface area contributed by atoms with Crippen LogP contribution in [0.2, 0.25) is 0 Å². The molecule has 0 fully saturated rings. The van der Waals surface area contributed by atoms with Gasteiger partial charge in [0.15, 0.2) is 0 Å². The third-order valence-electron chi connectivity index (χ3n) is 2.73. The maximum atomic E-state index is 11.8. The molecule has 0 aromatic carbocycles. The lowest BCUT2D eigenvalue weighted by atomic mass is 10.2. The number of nitrogens with one attached hydrogen (secondary N) is 1. The summed E-state index contributed by atoms with van der Waals surface area (Å²) in [6, 6.07) is 3.68. The van der Waals surface area contributed by atoms with Crippen molar-refractivity contribution in [2.24, 2.45) is 0 Å². The Morgan fingerprint density at radius 1 is 1.53 bits per heavy atom. The predicted octanol–water partition coefficient (Wildman–Crippen LogP) is 1.91. The average molecular weight is 266 g/mol. The molecule has 1 amide bonds. The van der Waals surface area contributed by atoms with E-state index in [1.54, 1.807) is 20.2 Å². The van der Waals surface area contributed by atoms with Crippen molar-refractivity contribution in [3.63, 3.8) is 0 Å². The van der Waals surface area contributed by atoms with Gasteiger partial charge in [-0.05, 0) is 19.4 Å². The number of carbonyl (C=O) groups excluding carboxylic acids is 1. The van der Waals surface area contributed by atoms with Gasteiger partial charge in [-0.2, -0.15) is 0 Å². The molecule has 0 aliphatic carbocycles. The Labute approximate surface area is 114 Å². The normalized spacial score (nSPS) is 11.9. The van der Waals surface area contributed by atoms with Gasteiger partial charge in [-0.15, -0.1) is 0 Å². The second-order valence-corrected chi connectivity index (χ2v) is 4.26. The SMILES string of the molecule is CCCCOC(C)C(=O)NCc1cccnc1OC. The van der Waals surface area contributed by atoms with E-state index in [1.807, 2.05) is 12.1 Å². The molecule has 1 heterocycles. The number of rotatable bonds is 8. The number of ether oxygens (including phenoxy) is 2. The van der Waals surface area contributed by atoms with Crippen molar-refractivity contribution >= 4 is 5.91 Å². The van der Waals surface area contributed by atoms with E-state index in [4.69, 9.17) is 9.47 Å². The first kappa shape index (κ1) is 15.4. The van der Waals surface area contributed by atoms with Crippen molar-refractivity contribution < 1.29 is 14.3 Å². The van der Waals surface area contributed by atoms with Crippen LogP contribution in [0.25, 0.3) is 0 Å². The Hall–Kier alpha value is -1.62. The maximum Gasteiger partial charge on any atom is 0.249 e. The maximum absolute atomic E-state index is 11.8. The zero-order valence-electron chi connectivity index (χ0n) is 11.8. The van der Waals surface area contributed by atoms with E-state index < -0.39 is 6.10 Å². The van der Waals surface area contributed by atoms with E-state index in [0.29, 0.717) is 19.0 Å². The van der Waals surface area contributed by atoms with Crippen molar-refractivity contribution in [2.75, 3.05) is 13.7 Å². The lowest BCUT2D eigenvalue weighted by molar-refractivity contribution is -0.131. The average Bonchev–Trinajstić information content (AvgIpc) is 2.45. The lowest BCUT2D eigenvalue weighted by Crippen LogP contribution is -2.34. The first-order chi connectivity index (χ1) is 9.19. The van der Waals surface area contributed by atoms with E-state index in [0.717, 1.165) is 18.4 Å². The number of carbonyl (C=O) groups is 1. The highest BCUT2D eigenvalue weighted by Crippen LogP contribution is 2.12. The van der Waals surface area contributed by atoms with Crippen LogP contribution in [-0.2, 0) is 16.1 Å². The predicted molar refractivity (Wildman–Crippen MR) is 73.0 cm³/mol. The quantitative estimate of drug-likeness (QED) is 0.730. The number of pyridine rings is 1. The minimum Gasteiger partial charge on any atom is -0.481 e. The Morgan fingerprint density at radius 2 is 2.32 bits per heavy atom. The number of aromatic nitrogens is 1. The second-order valence-electron chi connectivity index (χ2n) is 4.26. The van der Waals surface area contributed by atoms with Crippen molar-refractivity contribution in [1.82, 2.24) is 10.3 Å². The highest BCUT2D eigenvalue weighted by molar-refractivity contribution is 5.80. The largest absolute Gasteiger partial charge is 0.481 e. The van der Waals surface area contributed by atoms with Crippen LogP contribution in [0.5, 0.6) is 5.88 Å². The van der Waals surface area contributed by atoms with E-state index >= 15 is 0 Å². The van der Waals surface area contributed by atoms with Crippen LogP contribution in [0, 0.1) is 0 Å². The molecule has 5 heteroatoms. The van der Waals surface area contributed by atoms with Gasteiger partial charge in [-0.25, -0.2) is 4.98 Å². The second kappa shape index (κ2) is 8.48. The molecule has 1 rings (SSSR count). The fraction of sp³-hybridized carbons (Fsp3) is 0.571. The molecule has 5 nitrogen and oxygen atoms in total. The molecular weight excluding hydrogens is 244 g/mol. The van der Waals surface area contributed by atoms with Gasteiger partial charge in [0.1, 0.15) is 6.10 Å².